The van der Waals surface area contributed by atoms with Crippen LogP contribution in [0, 0.1) is 11.7 Å². The van der Waals surface area contributed by atoms with Gasteiger partial charge in [0.1, 0.15) is 16.5 Å². The summed E-state index contributed by atoms with van der Waals surface area (Å²) in [5.74, 6) is -0.698. The van der Waals surface area contributed by atoms with Crippen molar-refractivity contribution in [3.05, 3.63) is 41.2 Å². The number of carbonyl (C=O) groups is 1. The van der Waals surface area contributed by atoms with Crippen molar-refractivity contribution in [1.82, 2.24) is 9.88 Å². The monoisotopic (exact) mass is 326 g/mol. The van der Waals surface area contributed by atoms with Crippen LogP contribution in [0.15, 0.2) is 29.6 Å². The minimum Gasteiger partial charge on any atom is -0.337 e. The third-order valence-electron chi connectivity index (χ3n) is 3.57. The van der Waals surface area contributed by atoms with Crippen molar-refractivity contribution in [2.75, 3.05) is 13.1 Å². The Kier molecular flexibility index (Phi) is 4.15. The molecule has 0 unspecified atom stereocenters. The molecule has 3 rings (SSSR count). The molecule has 1 aliphatic rings. The van der Waals surface area contributed by atoms with Gasteiger partial charge in [0, 0.05) is 30.5 Å². The van der Waals surface area contributed by atoms with Crippen molar-refractivity contribution in [2.45, 2.75) is 12.8 Å². The molecular weight excluding hydrogens is 313 g/mol. The molecule has 2 heterocycles. The Hall–Kier alpha value is -1.89. The maximum absolute atomic E-state index is 12.9. The lowest BCUT2D eigenvalue weighted by atomic mass is 9.96. The van der Waals surface area contributed by atoms with E-state index in [0.29, 0.717) is 23.8 Å². The Balaban J connectivity index is 1.64. The molecule has 0 atom stereocenters. The SMILES string of the molecule is O=C(c1csc(-c2ccc(F)cc2)n1)N1CC(CC(F)F)C1. The summed E-state index contributed by atoms with van der Waals surface area (Å²) >= 11 is 1.30. The first-order chi connectivity index (χ1) is 10.5. The molecule has 1 saturated heterocycles. The first-order valence-corrected chi connectivity index (χ1v) is 7.70. The third kappa shape index (κ3) is 3.14. The van der Waals surface area contributed by atoms with Gasteiger partial charge < -0.3 is 4.90 Å². The van der Waals surface area contributed by atoms with E-state index in [9.17, 15) is 18.0 Å². The van der Waals surface area contributed by atoms with E-state index in [1.165, 1.54) is 28.4 Å². The average molecular weight is 326 g/mol. The van der Waals surface area contributed by atoms with E-state index in [2.05, 4.69) is 4.98 Å². The maximum atomic E-state index is 12.9. The molecule has 22 heavy (non-hydrogen) atoms. The van der Waals surface area contributed by atoms with Crippen molar-refractivity contribution >= 4 is 17.2 Å². The Morgan fingerprint density at radius 1 is 1.32 bits per heavy atom. The van der Waals surface area contributed by atoms with Crippen molar-refractivity contribution in [2.24, 2.45) is 5.92 Å². The van der Waals surface area contributed by atoms with E-state index in [4.69, 9.17) is 0 Å². The van der Waals surface area contributed by atoms with E-state index in [0.717, 1.165) is 5.56 Å². The number of halogens is 3. The van der Waals surface area contributed by atoms with Crippen LogP contribution in [0.3, 0.4) is 0 Å². The fraction of sp³-hybridized carbons (Fsp3) is 0.333. The summed E-state index contributed by atoms with van der Waals surface area (Å²) in [5, 5.41) is 2.27. The highest BCUT2D eigenvalue weighted by molar-refractivity contribution is 7.13. The number of hydrogen-bond acceptors (Lipinski definition) is 3. The Morgan fingerprint density at radius 3 is 2.64 bits per heavy atom. The highest BCUT2D eigenvalue weighted by Crippen LogP contribution is 2.27. The highest BCUT2D eigenvalue weighted by Gasteiger charge is 2.33. The second-order valence-corrected chi connectivity index (χ2v) is 6.11. The number of likely N-dealkylation sites (tertiary alicyclic amines) is 1. The maximum Gasteiger partial charge on any atom is 0.273 e. The molecule has 0 N–H and O–H groups in total. The summed E-state index contributed by atoms with van der Waals surface area (Å²) in [6, 6.07) is 5.88. The molecular formula is C15H13F3N2OS. The summed E-state index contributed by atoms with van der Waals surface area (Å²) < 4.78 is 37.4. The molecule has 0 saturated carbocycles. The van der Waals surface area contributed by atoms with Gasteiger partial charge in [0.15, 0.2) is 0 Å². The van der Waals surface area contributed by atoms with E-state index < -0.39 is 6.43 Å². The summed E-state index contributed by atoms with van der Waals surface area (Å²) in [7, 11) is 0. The summed E-state index contributed by atoms with van der Waals surface area (Å²) in [4.78, 5) is 18.0. The normalized spacial score (nSPS) is 15.2. The summed E-state index contributed by atoms with van der Waals surface area (Å²) in [5.41, 5.74) is 1.05. The molecule has 0 spiro atoms. The van der Waals surface area contributed by atoms with Crippen molar-refractivity contribution < 1.29 is 18.0 Å². The smallest absolute Gasteiger partial charge is 0.273 e. The second-order valence-electron chi connectivity index (χ2n) is 5.25. The zero-order chi connectivity index (χ0) is 15.7. The van der Waals surface area contributed by atoms with Crippen LogP contribution in [0.5, 0.6) is 0 Å². The van der Waals surface area contributed by atoms with Crippen LogP contribution in [-0.4, -0.2) is 35.3 Å². The quantitative estimate of drug-likeness (QED) is 0.859. The van der Waals surface area contributed by atoms with E-state index in [-0.39, 0.29) is 24.1 Å². The van der Waals surface area contributed by atoms with Gasteiger partial charge in [-0.3, -0.25) is 4.79 Å². The first-order valence-electron chi connectivity index (χ1n) is 6.82. The Labute approximate surface area is 129 Å². The number of hydrogen-bond donors (Lipinski definition) is 0. The van der Waals surface area contributed by atoms with Crippen molar-refractivity contribution in [1.29, 1.82) is 0 Å². The Bertz CT molecular complexity index is 666. The zero-order valence-corrected chi connectivity index (χ0v) is 12.3. The number of thiazole rings is 1. The van der Waals surface area contributed by atoms with Gasteiger partial charge in [-0.15, -0.1) is 11.3 Å². The van der Waals surface area contributed by atoms with Crippen LogP contribution in [0.1, 0.15) is 16.9 Å². The number of amides is 1. The standard InChI is InChI=1S/C15H13F3N2OS/c16-11-3-1-10(2-4-11)14-19-12(8-22-14)15(21)20-6-9(7-20)5-13(17)18/h1-4,8-9,13H,5-7H2. The topological polar surface area (TPSA) is 33.2 Å². The third-order valence-corrected chi connectivity index (χ3v) is 4.46. The Morgan fingerprint density at radius 2 is 2.00 bits per heavy atom. The van der Waals surface area contributed by atoms with Crippen LogP contribution in [-0.2, 0) is 0 Å². The number of benzene rings is 1. The largest absolute Gasteiger partial charge is 0.337 e. The summed E-state index contributed by atoms with van der Waals surface area (Å²) in [6.45, 7) is 0.708. The molecule has 2 aromatic rings. The lowest BCUT2D eigenvalue weighted by Gasteiger charge is -2.38. The molecule has 116 valence electrons. The minimum absolute atomic E-state index is 0.126. The van der Waals surface area contributed by atoms with Crippen LogP contribution in [0.25, 0.3) is 10.6 Å². The first kappa shape index (κ1) is 15.0. The summed E-state index contributed by atoms with van der Waals surface area (Å²) in [6.07, 6.45) is -2.49. The molecule has 1 aromatic heterocycles. The molecule has 1 aromatic carbocycles. The molecule has 0 radical (unpaired) electrons. The minimum atomic E-state index is -2.33. The zero-order valence-electron chi connectivity index (χ0n) is 11.5. The van der Waals surface area contributed by atoms with Crippen molar-refractivity contribution in [3.8, 4) is 10.6 Å². The van der Waals surface area contributed by atoms with Gasteiger partial charge in [-0.25, -0.2) is 18.2 Å². The van der Waals surface area contributed by atoms with Gasteiger partial charge >= 0.3 is 0 Å². The van der Waals surface area contributed by atoms with E-state index in [1.807, 2.05) is 0 Å². The van der Waals surface area contributed by atoms with Gasteiger partial charge in [-0.05, 0) is 30.2 Å². The highest BCUT2D eigenvalue weighted by atomic mass is 32.1. The van der Waals surface area contributed by atoms with Gasteiger partial charge in [-0.1, -0.05) is 0 Å². The second kappa shape index (κ2) is 6.08. The van der Waals surface area contributed by atoms with E-state index >= 15 is 0 Å². The number of nitrogens with zero attached hydrogens (tertiary/aromatic N) is 2. The van der Waals surface area contributed by atoms with Crippen LogP contribution < -0.4 is 0 Å². The molecule has 1 fully saturated rings. The fourth-order valence-electron chi connectivity index (χ4n) is 2.40. The predicted molar refractivity (Wildman–Crippen MR) is 77.5 cm³/mol. The number of carbonyl (C=O) groups excluding carboxylic acids is 1. The van der Waals surface area contributed by atoms with Crippen molar-refractivity contribution in [3.63, 3.8) is 0 Å². The number of aromatic nitrogens is 1. The fourth-order valence-corrected chi connectivity index (χ4v) is 3.20. The van der Waals surface area contributed by atoms with Gasteiger partial charge in [0.05, 0.1) is 0 Å². The van der Waals surface area contributed by atoms with Crippen LogP contribution >= 0.6 is 11.3 Å². The average Bonchev–Trinajstić information content (AvgIpc) is 2.92. The van der Waals surface area contributed by atoms with Gasteiger partial charge in [0.2, 0.25) is 6.43 Å². The lowest BCUT2D eigenvalue weighted by molar-refractivity contribution is 0.0277. The molecule has 0 aliphatic carbocycles. The number of alkyl halides is 2. The molecule has 3 nitrogen and oxygen atoms in total. The predicted octanol–water partition coefficient (Wildman–Crippen LogP) is 3.68. The number of rotatable bonds is 4. The molecule has 1 aliphatic heterocycles. The molecule has 0 bridgehead atoms. The lowest BCUT2D eigenvalue weighted by Crippen LogP contribution is -2.50. The van der Waals surface area contributed by atoms with Gasteiger partial charge in [-0.2, -0.15) is 0 Å². The molecule has 1 amide bonds. The van der Waals surface area contributed by atoms with Crippen LogP contribution in [0.4, 0.5) is 13.2 Å². The molecule has 7 heteroatoms. The van der Waals surface area contributed by atoms with E-state index in [1.54, 1.807) is 17.5 Å². The van der Waals surface area contributed by atoms with Gasteiger partial charge in [0.25, 0.3) is 5.91 Å². The van der Waals surface area contributed by atoms with Crippen LogP contribution in [0.2, 0.25) is 0 Å².